The first kappa shape index (κ1) is 7.92. The monoisotopic (exact) mass is 112 g/mol. The quantitative estimate of drug-likeness (QED) is 0.336. The molecule has 1 heterocycles. The van der Waals surface area contributed by atoms with Gasteiger partial charge in [-0.1, -0.05) is 0 Å². The summed E-state index contributed by atoms with van der Waals surface area (Å²) in [5.41, 5.74) is 0. The van der Waals surface area contributed by atoms with Gasteiger partial charge in [-0.25, -0.2) is 0 Å². The average Bonchev–Trinajstić information content (AvgIpc) is 1.86. The molecule has 0 aliphatic carbocycles. The van der Waals surface area contributed by atoms with Gasteiger partial charge in [0.05, 0.1) is 12.7 Å². The molecule has 1 rings (SSSR count). The zero-order chi connectivity index (χ0) is 4.41. The number of aliphatic hydroxyl groups is 1. The molecule has 0 aromatic carbocycles. The van der Waals surface area contributed by atoms with Crippen molar-refractivity contribution in [2.45, 2.75) is 12.5 Å². The maximum absolute atomic E-state index is 8.60. The predicted octanol–water partition coefficient (Wildman–Crippen LogP) is -3.12. The summed E-state index contributed by atoms with van der Waals surface area (Å²) in [5.74, 6) is 0. The number of rotatable bonds is 0. The summed E-state index contributed by atoms with van der Waals surface area (Å²) in [4.78, 5) is 0. The first-order chi connectivity index (χ1) is 2.89. The van der Waals surface area contributed by atoms with Crippen LogP contribution in [0.1, 0.15) is 7.85 Å². The average molecular weight is 112 g/mol. The first-order valence-electron chi connectivity index (χ1n) is 2.15. The van der Waals surface area contributed by atoms with Crippen LogP contribution in [0.4, 0.5) is 0 Å². The third-order valence-corrected chi connectivity index (χ3v) is 0.906. The van der Waals surface area contributed by atoms with E-state index < -0.39 is 0 Å². The Morgan fingerprint density at radius 1 is 1.71 bits per heavy atom. The zero-order valence-electron chi connectivity index (χ0n) is 5.55. The second kappa shape index (κ2) is 3.87. The summed E-state index contributed by atoms with van der Waals surface area (Å²) >= 11 is 0. The normalized spacial score (nSPS) is 29.6. The molecule has 1 aliphatic rings. The third-order valence-electron chi connectivity index (χ3n) is 0.906. The van der Waals surface area contributed by atoms with Crippen LogP contribution in [0.25, 0.3) is 0 Å². The minimum atomic E-state index is -0.176. The summed E-state index contributed by atoms with van der Waals surface area (Å²) in [6, 6.07) is 0. The van der Waals surface area contributed by atoms with Gasteiger partial charge in [-0.15, -0.1) is 0 Å². The molecule has 0 saturated carbocycles. The predicted molar refractivity (Wildman–Crippen MR) is 22.6 cm³/mol. The Hall–Kier alpha value is 0.920. The van der Waals surface area contributed by atoms with Crippen LogP contribution in [0.5, 0.6) is 0 Å². The Bertz CT molecular complexity index is 47.3. The molecule has 1 N–H and O–H groups in total. The number of ether oxygens (including phenoxy) is 1. The molecule has 1 unspecified atom stereocenters. The minimum absolute atomic E-state index is 0. The molecule has 0 spiro atoms. The van der Waals surface area contributed by atoms with Crippen LogP contribution < -0.4 is 29.6 Å². The van der Waals surface area contributed by atoms with Gasteiger partial charge in [-0.05, 0) is 6.42 Å². The summed E-state index contributed by atoms with van der Waals surface area (Å²) in [6.45, 7) is 1.28. The molecule has 7 heavy (non-hydrogen) atoms. The zero-order valence-corrected chi connectivity index (χ0v) is 6.55. The van der Waals surface area contributed by atoms with E-state index in [1.54, 1.807) is 0 Å². The van der Waals surface area contributed by atoms with Crippen LogP contribution in [0.3, 0.4) is 0 Å². The van der Waals surface area contributed by atoms with Crippen LogP contribution in [0, 0.1) is 0 Å². The van der Waals surface area contributed by atoms with Gasteiger partial charge in [-0.2, -0.15) is 0 Å². The molecule has 0 aromatic rings. The fraction of sp³-hybridized carbons (Fsp3) is 1.00. The fourth-order valence-corrected chi connectivity index (χ4v) is 0.522. The Kier molecular flexibility index (Phi) is 4.37. The molecule has 1 fully saturated rings. The van der Waals surface area contributed by atoms with Crippen molar-refractivity contribution in [3.63, 3.8) is 0 Å². The van der Waals surface area contributed by atoms with Crippen molar-refractivity contribution in [1.82, 2.24) is 0 Å². The molecular formula is C4H9NaO2. The van der Waals surface area contributed by atoms with E-state index >= 15 is 0 Å². The second-order valence-electron chi connectivity index (χ2n) is 1.52. The summed E-state index contributed by atoms with van der Waals surface area (Å²) in [7, 11) is 0. The van der Waals surface area contributed by atoms with E-state index in [0.717, 1.165) is 13.0 Å². The Balaban J connectivity index is 0. The van der Waals surface area contributed by atoms with E-state index in [-0.39, 0.29) is 37.1 Å². The molecule has 2 nitrogen and oxygen atoms in total. The number of hydrogen-bond acceptors (Lipinski definition) is 2. The molecule has 0 aromatic heterocycles. The molecule has 0 radical (unpaired) electrons. The van der Waals surface area contributed by atoms with E-state index in [1.807, 2.05) is 0 Å². The maximum Gasteiger partial charge on any atom is 1.00 e. The molecule has 1 aliphatic heterocycles. The van der Waals surface area contributed by atoms with Crippen molar-refractivity contribution in [3.05, 3.63) is 0 Å². The topological polar surface area (TPSA) is 29.5 Å². The number of aliphatic hydroxyl groups excluding tert-OH is 1. The summed E-state index contributed by atoms with van der Waals surface area (Å²) in [6.07, 6.45) is 0.644. The van der Waals surface area contributed by atoms with Crippen LogP contribution in [-0.2, 0) is 4.74 Å². The van der Waals surface area contributed by atoms with Gasteiger partial charge in [-0.3, -0.25) is 0 Å². The molecule has 1 atom stereocenters. The molecule has 0 bridgehead atoms. The molecule has 3 heteroatoms. The Labute approximate surface area is 66.6 Å². The second-order valence-corrected chi connectivity index (χ2v) is 1.52. The Morgan fingerprint density at radius 3 is 2.57 bits per heavy atom. The van der Waals surface area contributed by atoms with E-state index in [9.17, 15) is 0 Å². The van der Waals surface area contributed by atoms with Gasteiger partial charge in [0.1, 0.15) is 0 Å². The third kappa shape index (κ3) is 2.67. The van der Waals surface area contributed by atoms with Crippen molar-refractivity contribution >= 4 is 0 Å². The van der Waals surface area contributed by atoms with Gasteiger partial charge >= 0.3 is 29.6 Å². The van der Waals surface area contributed by atoms with Crippen LogP contribution in [0.2, 0.25) is 0 Å². The van der Waals surface area contributed by atoms with Crippen LogP contribution in [-0.4, -0.2) is 24.4 Å². The van der Waals surface area contributed by atoms with E-state index in [2.05, 4.69) is 0 Å². The summed E-state index contributed by atoms with van der Waals surface area (Å²) < 4.78 is 4.81. The van der Waals surface area contributed by atoms with E-state index in [1.165, 1.54) is 0 Å². The largest absolute Gasteiger partial charge is 1.00 e. The summed E-state index contributed by atoms with van der Waals surface area (Å²) in [5, 5.41) is 8.60. The molecular weight excluding hydrogens is 103 g/mol. The van der Waals surface area contributed by atoms with Crippen molar-refractivity contribution in [2.75, 3.05) is 13.2 Å². The van der Waals surface area contributed by atoms with Crippen LogP contribution >= 0.6 is 0 Å². The minimum Gasteiger partial charge on any atom is -1.00 e. The van der Waals surface area contributed by atoms with Gasteiger partial charge < -0.3 is 11.3 Å². The SMILES string of the molecule is OC1CCOC1.[H-].[Na+]. The first-order valence-corrected chi connectivity index (χ1v) is 2.15. The standard InChI is InChI=1S/C4H8O2.Na.H/c5-4-1-2-6-3-4;;/h4-5H,1-3H2;;/q;+1;-1. The van der Waals surface area contributed by atoms with Gasteiger partial charge in [0, 0.05) is 6.61 Å². The van der Waals surface area contributed by atoms with Crippen molar-refractivity contribution in [3.8, 4) is 0 Å². The maximum atomic E-state index is 8.60. The van der Waals surface area contributed by atoms with Gasteiger partial charge in [0.2, 0.25) is 0 Å². The van der Waals surface area contributed by atoms with Crippen molar-refractivity contribution in [1.29, 1.82) is 0 Å². The Morgan fingerprint density at radius 2 is 2.43 bits per heavy atom. The van der Waals surface area contributed by atoms with Crippen molar-refractivity contribution < 1.29 is 40.8 Å². The van der Waals surface area contributed by atoms with Crippen LogP contribution in [0.15, 0.2) is 0 Å². The molecule has 38 valence electrons. The van der Waals surface area contributed by atoms with Crippen molar-refractivity contribution in [2.24, 2.45) is 0 Å². The van der Waals surface area contributed by atoms with Gasteiger partial charge in [0.15, 0.2) is 0 Å². The molecule has 1 saturated heterocycles. The van der Waals surface area contributed by atoms with E-state index in [0.29, 0.717) is 6.61 Å². The smallest absolute Gasteiger partial charge is 1.00 e. The van der Waals surface area contributed by atoms with E-state index in [4.69, 9.17) is 9.84 Å². The van der Waals surface area contributed by atoms with Gasteiger partial charge in [0.25, 0.3) is 0 Å². The number of hydrogen-bond donors (Lipinski definition) is 1. The fourth-order valence-electron chi connectivity index (χ4n) is 0.522. The molecule has 0 amide bonds.